The summed E-state index contributed by atoms with van der Waals surface area (Å²) in [6.45, 7) is 8.74. The van der Waals surface area contributed by atoms with Gasteiger partial charge in [-0.1, -0.05) is 52.7 Å². The van der Waals surface area contributed by atoms with Gasteiger partial charge >= 0.3 is 12.3 Å². The van der Waals surface area contributed by atoms with E-state index in [1.54, 1.807) is 24.4 Å². The number of anilines is 2. The molecule has 0 radical (unpaired) electrons. The number of pyridine rings is 1. The topological polar surface area (TPSA) is 115 Å². The van der Waals surface area contributed by atoms with Crippen molar-refractivity contribution in [1.29, 1.82) is 0 Å². The third-order valence-electron chi connectivity index (χ3n) is 9.50. The molecule has 3 atom stereocenters. The number of likely N-dealkylation sites (tertiary alicyclic amines) is 1. The zero-order chi connectivity index (χ0) is 31.2. The molecule has 9 nitrogen and oxygen atoms in total. The van der Waals surface area contributed by atoms with Gasteiger partial charge in [0.1, 0.15) is 10.9 Å². The van der Waals surface area contributed by atoms with Gasteiger partial charge in [-0.15, -0.1) is 0 Å². The first-order valence-corrected chi connectivity index (χ1v) is 15.0. The Balaban J connectivity index is 1.53. The maximum atomic E-state index is 14.4. The maximum absolute atomic E-state index is 14.4. The number of hydrogen-bond acceptors (Lipinski definition) is 5. The van der Waals surface area contributed by atoms with Crippen LogP contribution in [0.15, 0.2) is 41.3 Å². The molecular formula is C31H41F3N6O3. The number of alkyl halides is 3. The molecule has 0 spiro atoms. The van der Waals surface area contributed by atoms with Crippen molar-refractivity contribution in [1.82, 2.24) is 25.0 Å². The summed E-state index contributed by atoms with van der Waals surface area (Å²) in [6.07, 6.45) is -0.236. The number of carboxylic acid groups (broad SMARTS) is 1. The number of hydrogen-bond donors (Lipinski definition) is 4. The molecule has 3 aromatic rings. The van der Waals surface area contributed by atoms with E-state index in [1.165, 1.54) is 17.0 Å². The average Bonchev–Trinajstić information content (AvgIpc) is 3.13. The Hall–Kier alpha value is -3.54. The Morgan fingerprint density at radius 1 is 1.12 bits per heavy atom. The number of nitrogens with one attached hydrogen (secondary N) is 3. The van der Waals surface area contributed by atoms with Crippen LogP contribution in [0.5, 0.6) is 0 Å². The van der Waals surface area contributed by atoms with Crippen LogP contribution in [0.1, 0.15) is 78.2 Å². The van der Waals surface area contributed by atoms with Crippen LogP contribution in [-0.2, 0) is 11.1 Å². The molecule has 0 aliphatic carbocycles. The third kappa shape index (κ3) is 5.49. The Bertz CT molecular complexity index is 1520. The average molecular weight is 603 g/mol. The predicted octanol–water partition coefficient (Wildman–Crippen LogP) is 6.68. The molecule has 2 aliphatic heterocycles. The molecule has 4 N–H and O–H groups in total. The summed E-state index contributed by atoms with van der Waals surface area (Å²) in [6, 6.07) is 7.67. The lowest BCUT2D eigenvalue weighted by Crippen LogP contribution is -2.57. The summed E-state index contributed by atoms with van der Waals surface area (Å²) in [5.74, 6) is 0.295. The summed E-state index contributed by atoms with van der Waals surface area (Å²) in [7, 11) is 0. The highest BCUT2D eigenvalue weighted by Gasteiger charge is 2.55. The van der Waals surface area contributed by atoms with E-state index in [0.29, 0.717) is 67.6 Å². The van der Waals surface area contributed by atoms with E-state index in [1.807, 2.05) is 32.4 Å². The van der Waals surface area contributed by atoms with Crippen LogP contribution in [0.3, 0.4) is 0 Å². The van der Waals surface area contributed by atoms with Gasteiger partial charge in [0.15, 0.2) is 5.82 Å². The molecular weight excluding hydrogens is 561 g/mol. The van der Waals surface area contributed by atoms with E-state index in [-0.39, 0.29) is 29.0 Å². The van der Waals surface area contributed by atoms with Crippen LogP contribution in [0.25, 0.3) is 10.9 Å². The molecule has 4 heterocycles. The first-order chi connectivity index (χ1) is 20.2. The minimum absolute atomic E-state index is 0.0261. The number of halogens is 3. The van der Waals surface area contributed by atoms with E-state index < -0.39 is 23.3 Å². The number of H-pyrrole nitrogens is 1. The summed E-state index contributed by atoms with van der Waals surface area (Å²) in [5.41, 5.74) is -2.06. The summed E-state index contributed by atoms with van der Waals surface area (Å²) >= 11 is 0. The van der Waals surface area contributed by atoms with Crippen LogP contribution in [0, 0.1) is 5.41 Å². The molecule has 234 valence electrons. The number of rotatable bonds is 5. The van der Waals surface area contributed by atoms with Gasteiger partial charge < -0.3 is 20.3 Å². The molecule has 2 aliphatic rings. The minimum atomic E-state index is -4.45. The van der Waals surface area contributed by atoms with Gasteiger partial charge in [-0.2, -0.15) is 18.3 Å². The number of amides is 1. The highest BCUT2D eigenvalue weighted by molar-refractivity contribution is 5.91. The van der Waals surface area contributed by atoms with Gasteiger partial charge in [0.2, 0.25) is 0 Å². The normalized spacial score (nSPS) is 25.5. The molecule has 5 rings (SSSR count). The van der Waals surface area contributed by atoms with E-state index in [9.17, 15) is 27.9 Å². The number of nitrogens with zero attached hydrogens (tertiary/aromatic N) is 3. The van der Waals surface area contributed by atoms with Crippen molar-refractivity contribution >= 4 is 28.5 Å². The quantitative estimate of drug-likeness (QED) is 0.259. The van der Waals surface area contributed by atoms with Gasteiger partial charge in [0.05, 0.1) is 11.1 Å². The second-order valence-electron chi connectivity index (χ2n) is 13.1. The lowest BCUT2D eigenvalue weighted by atomic mass is 9.72. The number of aromatic nitrogens is 3. The number of piperidine rings is 1. The number of carbonyl (C=O) groups is 1. The third-order valence-corrected chi connectivity index (χ3v) is 9.50. The van der Waals surface area contributed by atoms with E-state index >= 15 is 0 Å². The van der Waals surface area contributed by atoms with Gasteiger partial charge in [0.25, 0.3) is 5.56 Å². The fourth-order valence-electron chi connectivity index (χ4n) is 6.96. The Morgan fingerprint density at radius 3 is 2.47 bits per heavy atom. The number of aromatic amines is 1. The minimum Gasteiger partial charge on any atom is -0.465 e. The predicted molar refractivity (Wildman–Crippen MR) is 160 cm³/mol. The number of fused-ring (bicyclic) bond motifs is 1. The molecule has 2 aromatic heterocycles. The maximum Gasteiger partial charge on any atom is 0.410 e. The van der Waals surface area contributed by atoms with Gasteiger partial charge in [-0.05, 0) is 67.8 Å². The fraction of sp³-hybridized carbons (Fsp3) is 0.581. The molecule has 2 fully saturated rings. The number of benzene rings is 1. The van der Waals surface area contributed by atoms with E-state index in [2.05, 4.69) is 15.6 Å². The molecule has 3 unspecified atom stereocenters. The highest BCUT2D eigenvalue weighted by Crippen LogP contribution is 2.46. The van der Waals surface area contributed by atoms with Crippen molar-refractivity contribution in [3.8, 4) is 0 Å². The van der Waals surface area contributed by atoms with Gasteiger partial charge in [-0.25, -0.2) is 4.79 Å². The monoisotopic (exact) mass is 602 g/mol. The first-order valence-electron chi connectivity index (χ1n) is 15.0. The van der Waals surface area contributed by atoms with Crippen molar-refractivity contribution in [3.63, 3.8) is 0 Å². The lowest BCUT2D eigenvalue weighted by Gasteiger charge is -2.50. The Labute approximate surface area is 248 Å². The molecule has 43 heavy (non-hydrogen) atoms. The molecule has 0 bridgehead atoms. The second kappa shape index (κ2) is 11.2. The van der Waals surface area contributed by atoms with Crippen LogP contribution in [-0.4, -0.2) is 56.2 Å². The van der Waals surface area contributed by atoms with Crippen LogP contribution < -0.4 is 16.2 Å². The first kappa shape index (κ1) is 30.9. The smallest absolute Gasteiger partial charge is 0.410 e. The Kier molecular flexibility index (Phi) is 8.04. The van der Waals surface area contributed by atoms with E-state index in [4.69, 9.17) is 5.10 Å². The molecule has 1 aromatic carbocycles. The largest absolute Gasteiger partial charge is 0.465 e. The van der Waals surface area contributed by atoms with Gasteiger partial charge in [0, 0.05) is 24.5 Å². The van der Waals surface area contributed by atoms with Crippen molar-refractivity contribution in [2.24, 2.45) is 5.41 Å². The summed E-state index contributed by atoms with van der Waals surface area (Å²) in [5, 5.41) is 21.1. The lowest BCUT2D eigenvalue weighted by molar-refractivity contribution is -0.202. The standard InChI is InChI=1S/C31H41F3N6O3/c1-5-29(15-18-39(27(42)43)23(19-29)28(2,3)4)40-22-13-17-35-26(41)24(22)25(38-40)37-21-11-9-20(10-12-21)30(31(32,33)34)14-7-6-8-16-36-30/h9-13,17,23,36H,5-8,14-16,18-19H2,1-4H3,(H,35,41)(H,37,38)(H,42,43). The molecule has 2 saturated heterocycles. The second-order valence-corrected chi connectivity index (χ2v) is 13.1. The highest BCUT2D eigenvalue weighted by atomic mass is 19.4. The van der Waals surface area contributed by atoms with E-state index in [0.717, 1.165) is 6.42 Å². The fourth-order valence-corrected chi connectivity index (χ4v) is 6.96. The molecule has 1 amide bonds. The molecule has 12 heteroatoms. The SMILES string of the molecule is CCC1(n2nc(Nc3ccc(C4(C(F)(F)F)CCCCCN4)cc3)c3c(=O)[nH]ccc32)CCN(C(=O)O)C(C(C)(C)C)C1. The van der Waals surface area contributed by atoms with Gasteiger partial charge in [-0.3, -0.25) is 14.8 Å². The van der Waals surface area contributed by atoms with Crippen molar-refractivity contribution in [2.75, 3.05) is 18.4 Å². The van der Waals surface area contributed by atoms with Crippen molar-refractivity contribution < 1.29 is 23.1 Å². The summed E-state index contributed by atoms with van der Waals surface area (Å²) < 4.78 is 45.0. The zero-order valence-electron chi connectivity index (χ0n) is 25.1. The zero-order valence-corrected chi connectivity index (χ0v) is 25.1. The van der Waals surface area contributed by atoms with Crippen LogP contribution in [0.2, 0.25) is 0 Å². The Morgan fingerprint density at radius 2 is 1.84 bits per heavy atom. The van der Waals surface area contributed by atoms with Crippen LogP contribution >= 0.6 is 0 Å². The van der Waals surface area contributed by atoms with Crippen molar-refractivity contribution in [3.05, 3.63) is 52.4 Å². The van der Waals surface area contributed by atoms with Crippen LogP contribution in [0.4, 0.5) is 29.5 Å². The molecule has 0 saturated carbocycles. The van der Waals surface area contributed by atoms with Crippen molar-refractivity contribution in [2.45, 2.75) is 95.9 Å². The summed E-state index contributed by atoms with van der Waals surface area (Å²) in [4.78, 5) is 29.4.